The first kappa shape index (κ1) is 16.2. The Balaban J connectivity index is 2.97. The molecule has 0 saturated carbocycles. The average molecular weight is 279 g/mol. The van der Waals surface area contributed by atoms with Crippen LogP contribution in [0.4, 0.5) is 5.69 Å². The summed E-state index contributed by atoms with van der Waals surface area (Å²) in [5.74, 6) is -1.32. The van der Waals surface area contributed by atoms with E-state index in [-0.39, 0.29) is 18.9 Å². The maximum absolute atomic E-state index is 12.3. The molecule has 110 valence electrons. The monoisotopic (exact) mass is 279 g/mol. The number of methoxy groups -OCH3 is 1. The van der Waals surface area contributed by atoms with E-state index in [0.717, 1.165) is 5.56 Å². The summed E-state index contributed by atoms with van der Waals surface area (Å²) in [4.78, 5) is 24.6. The molecule has 0 aromatic heterocycles. The van der Waals surface area contributed by atoms with Crippen LogP contribution in [0.2, 0.25) is 0 Å². The van der Waals surface area contributed by atoms with E-state index in [1.54, 1.807) is 26.0 Å². The molecular weight excluding hydrogens is 258 g/mol. The summed E-state index contributed by atoms with van der Waals surface area (Å²) < 4.78 is 5.22. The zero-order valence-electron chi connectivity index (χ0n) is 12.3. The summed E-state index contributed by atoms with van der Waals surface area (Å²) >= 11 is 0. The maximum Gasteiger partial charge on any atom is 0.323 e. The molecule has 1 amide bonds. The smallest absolute Gasteiger partial charge is 0.323 e. The number of carboxylic acids is 1. The van der Waals surface area contributed by atoms with E-state index in [9.17, 15) is 9.59 Å². The Morgan fingerprint density at radius 1 is 1.25 bits per heavy atom. The van der Waals surface area contributed by atoms with Gasteiger partial charge in [-0.3, -0.25) is 9.59 Å². The fraction of sp³-hybridized carbons (Fsp3) is 0.467. The number of benzene rings is 1. The third-order valence-electron chi connectivity index (χ3n) is 3.07. The third kappa shape index (κ3) is 4.66. The van der Waals surface area contributed by atoms with Gasteiger partial charge in [-0.2, -0.15) is 0 Å². The summed E-state index contributed by atoms with van der Waals surface area (Å²) in [5.41, 5.74) is 1.00. The van der Waals surface area contributed by atoms with Crippen LogP contribution in [0.25, 0.3) is 0 Å². The molecule has 0 radical (unpaired) electrons. The summed E-state index contributed by atoms with van der Waals surface area (Å²) in [6.45, 7) is 5.15. The van der Waals surface area contributed by atoms with Gasteiger partial charge in [-0.05, 0) is 32.9 Å². The molecule has 0 heterocycles. The quantitative estimate of drug-likeness (QED) is 0.867. The van der Waals surface area contributed by atoms with Crippen molar-refractivity contribution in [3.05, 3.63) is 29.8 Å². The Hall–Kier alpha value is -1.88. The van der Waals surface area contributed by atoms with E-state index in [2.05, 4.69) is 0 Å². The topological polar surface area (TPSA) is 66.8 Å². The molecule has 20 heavy (non-hydrogen) atoms. The molecule has 1 N–H and O–H groups in total. The minimum absolute atomic E-state index is 0.116. The molecule has 0 aliphatic rings. The summed E-state index contributed by atoms with van der Waals surface area (Å²) in [5, 5.41) is 8.98. The Bertz CT molecular complexity index is 479. The highest BCUT2D eigenvalue weighted by Gasteiger charge is 2.26. The number of rotatable bonds is 6. The average Bonchev–Trinajstić information content (AvgIpc) is 2.36. The molecule has 0 unspecified atom stereocenters. The second-order valence-electron chi connectivity index (χ2n) is 5.35. The van der Waals surface area contributed by atoms with Crippen LogP contribution >= 0.6 is 0 Å². The molecule has 0 spiro atoms. The lowest BCUT2D eigenvalue weighted by Crippen LogP contribution is -2.40. The van der Waals surface area contributed by atoms with Crippen molar-refractivity contribution in [1.29, 1.82) is 0 Å². The van der Waals surface area contributed by atoms with E-state index in [0.29, 0.717) is 5.69 Å². The van der Waals surface area contributed by atoms with Crippen molar-refractivity contribution < 1.29 is 19.4 Å². The second-order valence-corrected chi connectivity index (χ2v) is 5.35. The molecule has 0 saturated heterocycles. The highest BCUT2D eigenvalue weighted by molar-refractivity contribution is 5.97. The lowest BCUT2D eigenvalue weighted by atomic mass is 10.0. The van der Waals surface area contributed by atoms with Crippen molar-refractivity contribution in [2.24, 2.45) is 0 Å². The molecule has 0 atom stereocenters. The van der Waals surface area contributed by atoms with E-state index in [1.807, 2.05) is 19.1 Å². The number of carboxylic acid groups (broad SMARTS) is 1. The van der Waals surface area contributed by atoms with Gasteiger partial charge in [0.25, 0.3) is 0 Å². The standard InChI is InChI=1S/C15H21NO4/c1-11-5-7-12(8-6-11)16(10-14(18)19)13(17)9-15(2,3)20-4/h5-8H,9-10H2,1-4H3,(H,18,19). The largest absolute Gasteiger partial charge is 0.480 e. The Labute approximate surface area is 119 Å². The molecule has 5 heteroatoms. The van der Waals surface area contributed by atoms with Crippen molar-refractivity contribution in [2.75, 3.05) is 18.6 Å². The number of nitrogens with zero attached hydrogens (tertiary/aromatic N) is 1. The van der Waals surface area contributed by atoms with E-state index in [1.165, 1.54) is 12.0 Å². The second kappa shape index (κ2) is 6.52. The number of hydrogen-bond donors (Lipinski definition) is 1. The summed E-state index contributed by atoms with van der Waals surface area (Å²) in [6.07, 6.45) is 0.116. The fourth-order valence-electron chi connectivity index (χ4n) is 1.72. The van der Waals surface area contributed by atoms with Crippen LogP contribution in [-0.4, -0.2) is 36.2 Å². The normalized spacial score (nSPS) is 11.2. The van der Waals surface area contributed by atoms with Gasteiger partial charge in [0.2, 0.25) is 5.91 Å². The number of carbonyl (C=O) groups is 2. The van der Waals surface area contributed by atoms with Crippen molar-refractivity contribution in [2.45, 2.75) is 32.8 Å². The zero-order valence-corrected chi connectivity index (χ0v) is 12.3. The molecule has 0 aliphatic heterocycles. The highest BCUT2D eigenvalue weighted by atomic mass is 16.5. The van der Waals surface area contributed by atoms with E-state index < -0.39 is 11.6 Å². The van der Waals surface area contributed by atoms with Gasteiger partial charge >= 0.3 is 5.97 Å². The predicted octanol–water partition coefficient (Wildman–Crippen LogP) is 2.23. The lowest BCUT2D eigenvalue weighted by molar-refractivity contribution is -0.137. The molecule has 1 aromatic carbocycles. The number of ether oxygens (including phenoxy) is 1. The fourth-order valence-corrected chi connectivity index (χ4v) is 1.72. The van der Waals surface area contributed by atoms with Gasteiger partial charge in [0.1, 0.15) is 6.54 Å². The van der Waals surface area contributed by atoms with Gasteiger partial charge in [0.15, 0.2) is 0 Å². The van der Waals surface area contributed by atoms with Crippen LogP contribution in [-0.2, 0) is 14.3 Å². The predicted molar refractivity (Wildman–Crippen MR) is 76.9 cm³/mol. The molecule has 1 rings (SSSR count). The van der Waals surface area contributed by atoms with Crippen molar-refractivity contribution in [1.82, 2.24) is 0 Å². The zero-order chi connectivity index (χ0) is 15.3. The molecule has 0 aliphatic carbocycles. The number of carbonyl (C=O) groups excluding carboxylic acids is 1. The third-order valence-corrected chi connectivity index (χ3v) is 3.07. The van der Waals surface area contributed by atoms with Crippen LogP contribution in [0.3, 0.4) is 0 Å². The van der Waals surface area contributed by atoms with Gasteiger partial charge < -0.3 is 14.7 Å². The molecule has 0 bridgehead atoms. The van der Waals surface area contributed by atoms with Gasteiger partial charge in [0.05, 0.1) is 12.0 Å². The van der Waals surface area contributed by atoms with Crippen LogP contribution in [0.5, 0.6) is 0 Å². The van der Waals surface area contributed by atoms with Crippen LogP contribution in [0.1, 0.15) is 25.8 Å². The number of hydrogen-bond acceptors (Lipinski definition) is 3. The van der Waals surface area contributed by atoms with E-state index >= 15 is 0 Å². The molecule has 5 nitrogen and oxygen atoms in total. The number of aliphatic carboxylic acids is 1. The minimum Gasteiger partial charge on any atom is -0.480 e. The van der Waals surface area contributed by atoms with Crippen molar-refractivity contribution in [3.63, 3.8) is 0 Å². The number of amides is 1. The number of aryl methyl sites for hydroxylation is 1. The maximum atomic E-state index is 12.3. The first-order valence-corrected chi connectivity index (χ1v) is 6.39. The molecule has 0 fully saturated rings. The van der Waals surface area contributed by atoms with Crippen LogP contribution in [0, 0.1) is 6.92 Å². The van der Waals surface area contributed by atoms with Gasteiger partial charge in [-0.1, -0.05) is 17.7 Å². The van der Waals surface area contributed by atoms with Crippen molar-refractivity contribution in [3.8, 4) is 0 Å². The summed E-state index contributed by atoms with van der Waals surface area (Å²) in [6, 6.07) is 7.18. The summed E-state index contributed by atoms with van der Waals surface area (Å²) in [7, 11) is 1.53. The number of anilines is 1. The van der Waals surface area contributed by atoms with E-state index in [4.69, 9.17) is 9.84 Å². The van der Waals surface area contributed by atoms with Gasteiger partial charge in [-0.25, -0.2) is 0 Å². The Morgan fingerprint density at radius 3 is 2.25 bits per heavy atom. The first-order valence-electron chi connectivity index (χ1n) is 6.39. The highest BCUT2D eigenvalue weighted by Crippen LogP contribution is 2.20. The van der Waals surface area contributed by atoms with Gasteiger partial charge in [0, 0.05) is 12.8 Å². The first-order chi connectivity index (χ1) is 9.25. The molecular formula is C15H21NO4. The van der Waals surface area contributed by atoms with Crippen LogP contribution in [0.15, 0.2) is 24.3 Å². The Morgan fingerprint density at radius 2 is 1.80 bits per heavy atom. The minimum atomic E-state index is -1.05. The molecule has 1 aromatic rings. The van der Waals surface area contributed by atoms with Gasteiger partial charge in [-0.15, -0.1) is 0 Å². The Kier molecular flexibility index (Phi) is 5.27. The lowest BCUT2D eigenvalue weighted by Gasteiger charge is -2.27. The SMILES string of the molecule is COC(C)(C)CC(=O)N(CC(=O)O)c1ccc(C)cc1. The van der Waals surface area contributed by atoms with Crippen molar-refractivity contribution >= 4 is 17.6 Å². The van der Waals surface area contributed by atoms with Crippen LogP contribution < -0.4 is 4.90 Å².